The fourth-order valence-corrected chi connectivity index (χ4v) is 1.68. The van der Waals surface area contributed by atoms with Crippen molar-refractivity contribution in [2.24, 2.45) is 0 Å². The summed E-state index contributed by atoms with van der Waals surface area (Å²) >= 11 is 0. The van der Waals surface area contributed by atoms with Gasteiger partial charge >= 0.3 is 5.97 Å². The highest BCUT2D eigenvalue weighted by molar-refractivity contribution is 7.85. The van der Waals surface area contributed by atoms with Gasteiger partial charge in [0.25, 0.3) is 10.1 Å². The molecule has 0 heterocycles. The molecular formula is C12H16O6S. The highest BCUT2D eigenvalue weighted by atomic mass is 32.2. The van der Waals surface area contributed by atoms with Gasteiger partial charge in [-0.25, -0.2) is 4.79 Å². The number of carbonyl (C=O) groups is 1. The molecule has 0 aromatic heterocycles. The van der Waals surface area contributed by atoms with Gasteiger partial charge in [0.2, 0.25) is 0 Å². The van der Waals surface area contributed by atoms with Crippen LogP contribution in [0.4, 0.5) is 0 Å². The summed E-state index contributed by atoms with van der Waals surface area (Å²) in [4.78, 5) is 11.6. The predicted octanol–water partition coefficient (Wildman–Crippen LogP) is 1.22. The third-order valence-electron chi connectivity index (χ3n) is 2.02. The molecule has 106 valence electrons. The van der Waals surface area contributed by atoms with Crippen molar-refractivity contribution in [3.8, 4) is 5.75 Å². The summed E-state index contributed by atoms with van der Waals surface area (Å²) in [5.41, 5.74) is 0.295. The molecule has 0 amide bonds. The van der Waals surface area contributed by atoms with Gasteiger partial charge in [0, 0.05) is 0 Å². The maximum absolute atomic E-state index is 11.6. The van der Waals surface area contributed by atoms with E-state index in [-0.39, 0.29) is 19.8 Å². The van der Waals surface area contributed by atoms with E-state index in [1.807, 2.05) is 0 Å². The Morgan fingerprint density at radius 1 is 1.21 bits per heavy atom. The van der Waals surface area contributed by atoms with Gasteiger partial charge in [-0.15, -0.1) is 0 Å². The van der Waals surface area contributed by atoms with Gasteiger partial charge in [-0.2, -0.15) is 8.42 Å². The van der Waals surface area contributed by atoms with Crippen molar-refractivity contribution in [3.63, 3.8) is 0 Å². The van der Waals surface area contributed by atoms with Crippen molar-refractivity contribution in [3.05, 3.63) is 29.8 Å². The van der Waals surface area contributed by atoms with E-state index in [4.69, 9.17) is 9.47 Å². The third kappa shape index (κ3) is 5.71. The van der Waals surface area contributed by atoms with Gasteiger partial charge in [0.15, 0.2) is 0 Å². The maximum Gasteiger partial charge on any atom is 0.341 e. The summed E-state index contributed by atoms with van der Waals surface area (Å²) in [7, 11) is -3.49. The normalized spacial score (nSPS) is 11.1. The molecule has 0 spiro atoms. The van der Waals surface area contributed by atoms with Gasteiger partial charge in [-0.05, 0) is 19.1 Å². The lowest BCUT2D eigenvalue weighted by Crippen LogP contribution is -2.13. The number of benzene rings is 1. The predicted molar refractivity (Wildman–Crippen MR) is 68.7 cm³/mol. The fraction of sp³-hybridized carbons (Fsp3) is 0.417. The Hall–Kier alpha value is -1.60. The number of hydrogen-bond acceptors (Lipinski definition) is 6. The molecule has 0 fully saturated rings. The highest BCUT2D eigenvalue weighted by Gasteiger charge is 2.13. The Bertz CT molecular complexity index is 523. The molecule has 0 saturated carbocycles. The molecule has 1 aromatic carbocycles. The Balaban J connectivity index is 2.61. The zero-order valence-corrected chi connectivity index (χ0v) is 11.6. The zero-order valence-electron chi connectivity index (χ0n) is 10.8. The second-order valence-corrected chi connectivity index (χ2v) is 5.24. The second kappa shape index (κ2) is 7.10. The summed E-state index contributed by atoms with van der Waals surface area (Å²) in [5.74, 6) is -0.153. The van der Waals surface area contributed by atoms with Crippen LogP contribution in [0.5, 0.6) is 5.75 Å². The molecular weight excluding hydrogens is 272 g/mol. The number of rotatable bonds is 7. The van der Waals surface area contributed by atoms with E-state index in [0.717, 1.165) is 6.26 Å². The minimum absolute atomic E-state index is 0.0173. The molecule has 0 aliphatic carbocycles. The van der Waals surface area contributed by atoms with Gasteiger partial charge in [0.1, 0.15) is 24.5 Å². The Morgan fingerprint density at radius 2 is 1.89 bits per heavy atom. The minimum Gasteiger partial charge on any atom is -0.490 e. The van der Waals surface area contributed by atoms with Crippen LogP contribution >= 0.6 is 0 Å². The molecule has 19 heavy (non-hydrogen) atoms. The first kappa shape index (κ1) is 15.5. The molecule has 0 unspecified atom stereocenters. The van der Waals surface area contributed by atoms with Crippen molar-refractivity contribution < 1.29 is 26.9 Å². The van der Waals surface area contributed by atoms with Crippen molar-refractivity contribution in [2.45, 2.75) is 6.92 Å². The first-order valence-corrected chi connectivity index (χ1v) is 7.49. The molecule has 0 aliphatic rings. The van der Waals surface area contributed by atoms with E-state index in [2.05, 4.69) is 4.18 Å². The topological polar surface area (TPSA) is 78.9 Å². The van der Waals surface area contributed by atoms with E-state index in [0.29, 0.717) is 11.3 Å². The molecule has 0 N–H and O–H groups in total. The van der Waals surface area contributed by atoms with E-state index < -0.39 is 16.1 Å². The van der Waals surface area contributed by atoms with Crippen LogP contribution in [0.25, 0.3) is 0 Å². The van der Waals surface area contributed by atoms with Crippen molar-refractivity contribution >= 4 is 16.1 Å². The summed E-state index contributed by atoms with van der Waals surface area (Å²) in [6, 6.07) is 6.57. The number of esters is 1. The lowest BCUT2D eigenvalue weighted by Gasteiger charge is -2.10. The fourth-order valence-electron chi connectivity index (χ4n) is 1.31. The summed E-state index contributed by atoms with van der Waals surface area (Å²) in [6.45, 7) is 1.88. The van der Waals surface area contributed by atoms with Gasteiger partial charge < -0.3 is 9.47 Å². The average molecular weight is 288 g/mol. The molecule has 6 nitrogen and oxygen atoms in total. The van der Waals surface area contributed by atoms with Crippen LogP contribution in [0.2, 0.25) is 0 Å². The molecule has 0 saturated heterocycles. The van der Waals surface area contributed by atoms with Crippen LogP contribution in [0, 0.1) is 0 Å². The van der Waals surface area contributed by atoms with Crippen LogP contribution < -0.4 is 4.74 Å². The van der Waals surface area contributed by atoms with Crippen LogP contribution in [-0.2, 0) is 19.0 Å². The molecule has 0 radical (unpaired) electrons. The molecule has 7 heteroatoms. The summed E-state index contributed by atoms with van der Waals surface area (Å²) in [5, 5.41) is 0. The largest absolute Gasteiger partial charge is 0.490 e. The molecule has 0 atom stereocenters. The van der Waals surface area contributed by atoms with E-state index in [9.17, 15) is 13.2 Å². The third-order valence-corrected chi connectivity index (χ3v) is 2.62. The number of hydrogen-bond donors (Lipinski definition) is 0. The van der Waals surface area contributed by atoms with Gasteiger partial charge in [-0.3, -0.25) is 4.18 Å². The quantitative estimate of drug-likeness (QED) is 0.426. The van der Waals surface area contributed by atoms with Crippen molar-refractivity contribution in [1.29, 1.82) is 0 Å². The van der Waals surface area contributed by atoms with E-state index >= 15 is 0 Å². The van der Waals surface area contributed by atoms with E-state index in [1.165, 1.54) is 0 Å². The monoisotopic (exact) mass is 288 g/mol. The van der Waals surface area contributed by atoms with Crippen LogP contribution in [0.3, 0.4) is 0 Å². The minimum atomic E-state index is -3.49. The SMILES string of the molecule is CCOC(=O)c1ccccc1OCCOS(C)(=O)=O. The van der Waals surface area contributed by atoms with Gasteiger partial charge in [-0.1, -0.05) is 12.1 Å². The van der Waals surface area contributed by atoms with Crippen LogP contribution in [-0.4, -0.2) is 40.5 Å². The Kier molecular flexibility index (Phi) is 5.78. The lowest BCUT2D eigenvalue weighted by molar-refractivity contribution is 0.0520. The number of para-hydroxylation sites is 1. The second-order valence-electron chi connectivity index (χ2n) is 3.59. The first-order chi connectivity index (χ1) is 8.94. The molecule has 1 aromatic rings. The molecule has 0 bridgehead atoms. The standard InChI is InChI=1S/C12H16O6S/c1-3-16-12(13)10-6-4-5-7-11(10)17-8-9-18-19(2,14)15/h4-7H,3,8-9H2,1-2H3. The highest BCUT2D eigenvalue weighted by Crippen LogP contribution is 2.18. The number of carbonyl (C=O) groups excluding carboxylic acids is 1. The molecule has 0 aliphatic heterocycles. The molecule has 1 rings (SSSR count). The van der Waals surface area contributed by atoms with E-state index in [1.54, 1.807) is 31.2 Å². The van der Waals surface area contributed by atoms with Crippen LogP contribution in [0.15, 0.2) is 24.3 Å². The number of ether oxygens (including phenoxy) is 2. The summed E-state index contributed by atoms with van der Waals surface area (Å²) < 4.78 is 36.2. The first-order valence-electron chi connectivity index (χ1n) is 5.67. The zero-order chi connectivity index (χ0) is 14.3. The maximum atomic E-state index is 11.6. The van der Waals surface area contributed by atoms with Crippen molar-refractivity contribution in [1.82, 2.24) is 0 Å². The average Bonchev–Trinajstić information content (AvgIpc) is 2.34. The summed E-state index contributed by atoms with van der Waals surface area (Å²) in [6.07, 6.45) is 0.958. The smallest absolute Gasteiger partial charge is 0.341 e. The van der Waals surface area contributed by atoms with Crippen LogP contribution in [0.1, 0.15) is 17.3 Å². The Morgan fingerprint density at radius 3 is 2.53 bits per heavy atom. The Labute approximate surface area is 112 Å². The van der Waals surface area contributed by atoms with Crippen molar-refractivity contribution in [2.75, 3.05) is 26.1 Å². The lowest BCUT2D eigenvalue weighted by atomic mass is 10.2. The van der Waals surface area contributed by atoms with Gasteiger partial charge in [0.05, 0.1) is 12.9 Å².